The van der Waals surface area contributed by atoms with Crippen molar-refractivity contribution < 1.29 is 15.0 Å². The van der Waals surface area contributed by atoms with E-state index in [9.17, 15) is 0 Å². The lowest BCUT2D eigenvalue weighted by Crippen LogP contribution is -1.78. The van der Waals surface area contributed by atoms with Crippen molar-refractivity contribution in [2.75, 3.05) is 6.61 Å². The Kier molecular flexibility index (Phi) is 15.9. The van der Waals surface area contributed by atoms with E-state index in [2.05, 4.69) is 19.1 Å². The number of carboxylic acid groups (broad SMARTS) is 1. The third kappa shape index (κ3) is 30.7. The molecular formula is C11H20O3. The fourth-order valence-electron chi connectivity index (χ4n) is 0.669. The summed E-state index contributed by atoms with van der Waals surface area (Å²) in [6, 6.07) is 0. The summed E-state index contributed by atoms with van der Waals surface area (Å²) in [6.07, 6.45) is 11.3. The molecule has 0 spiro atoms. The lowest BCUT2D eigenvalue weighted by Gasteiger charge is -1.84. The number of aliphatic hydroxyl groups excluding tert-OH is 1. The molecule has 0 saturated carbocycles. The number of carboxylic acids is 1. The van der Waals surface area contributed by atoms with Crippen LogP contribution in [0.1, 0.15) is 33.1 Å². The molecule has 0 aliphatic carbocycles. The standard InChI is InChI=1S/C9H16O.C2H4O2/c1-2-3-4-5-6-7-8-9-10;1-2(3)4/h3-4,7-8,10H,2,5-6,9H2,1H3;1H3,(H,3,4). The van der Waals surface area contributed by atoms with Gasteiger partial charge in [-0.15, -0.1) is 0 Å². The lowest BCUT2D eigenvalue weighted by atomic mass is 10.2. The van der Waals surface area contributed by atoms with E-state index in [0.717, 1.165) is 26.2 Å². The Hall–Kier alpha value is -1.09. The number of aliphatic carboxylic acids is 1. The third-order valence-corrected chi connectivity index (χ3v) is 1.17. The number of hydrogen-bond donors (Lipinski definition) is 2. The molecule has 0 aromatic carbocycles. The first-order chi connectivity index (χ1) is 6.65. The quantitative estimate of drug-likeness (QED) is 0.529. The Labute approximate surface area is 85.8 Å². The Morgan fingerprint density at radius 2 is 1.57 bits per heavy atom. The van der Waals surface area contributed by atoms with Crippen molar-refractivity contribution in [1.29, 1.82) is 0 Å². The van der Waals surface area contributed by atoms with Gasteiger partial charge >= 0.3 is 0 Å². The molecule has 0 unspecified atom stereocenters. The molecule has 0 fully saturated rings. The minimum absolute atomic E-state index is 0.164. The average Bonchev–Trinajstić information content (AvgIpc) is 2.10. The lowest BCUT2D eigenvalue weighted by molar-refractivity contribution is -0.134. The van der Waals surface area contributed by atoms with Crippen molar-refractivity contribution in [2.24, 2.45) is 0 Å². The monoisotopic (exact) mass is 200 g/mol. The van der Waals surface area contributed by atoms with Crippen molar-refractivity contribution in [2.45, 2.75) is 33.1 Å². The van der Waals surface area contributed by atoms with Gasteiger partial charge in [0, 0.05) is 6.92 Å². The summed E-state index contributed by atoms with van der Waals surface area (Å²) in [4.78, 5) is 9.00. The SMILES string of the molecule is CC(=O)O.CCC=CCCC=CCO. The van der Waals surface area contributed by atoms with Crippen LogP contribution >= 0.6 is 0 Å². The van der Waals surface area contributed by atoms with Crippen molar-refractivity contribution in [3.8, 4) is 0 Å². The van der Waals surface area contributed by atoms with Gasteiger partial charge in [0.1, 0.15) is 0 Å². The predicted octanol–water partition coefficient (Wildman–Crippen LogP) is 2.37. The van der Waals surface area contributed by atoms with E-state index in [1.807, 2.05) is 6.08 Å². The topological polar surface area (TPSA) is 57.5 Å². The zero-order chi connectivity index (χ0) is 11.2. The van der Waals surface area contributed by atoms with Gasteiger partial charge < -0.3 is 10.2 Å². The van der Waals surface area contributed by atoms with Crippen molar-refractivity contribution in [1.82, 2.24) is 0 Å². The molecule has 0 heterocycles. The number of carbonyl (C=O) groups is 1. The van der Waals surface area contributed by atoms with Gasteiger partial charge in [0.25, 0.3) is 5.97 Å². The molecule has 0 saturated heterocycles. The Bertz CT molecular complexity index is 153. The number of hydrogen-bond acceptors (Lipinski definition) is 2. The number of allylic oxidation sites excluding steroid dienone is 3. The van der Waals surface area contributed by atoms with Gasteiger partial charge in [-0.1, -0.05) is 31.2 Å². The molecule has 0 aromatic rings. The first kappa shape index (κ1) is 15.4. The van der Waals surface area contributed by atoms with E-state index in [1.54, 1.807) is 6.08 Å². The van der Waals surface area contributed by atoms with Crippen LogP contribution in [0.15, 0.2) is 24.3 Å². The molecule has 0 amide bonds. The van der Waals surface area contributed by atoms with Gasteiger partial charge in [0.05, 0.1) is 6.61 Å². The summed E-state index contributed by atoms with van der Waals surface area (Å²) in [5.74, 6) is -0.833. The van der Waals surface area contributed by atoms with Gasteiger partial charge in [0.2, 0.25) is 0 Å². The highest BCUT2D eigenvalue weighted by Crippen LogP contribution is 1.93. The van der Waals surface area contributed by atoms with Gasteiger partial charge in [-0.25, -0.2) is 0 Å². The van der Waals surface area contributed by atoms with Crippen LogP contribution in [-0.2, 0) is 4.79 Å². The minimum Gasteiger partial charge on any atom is -0.481 e. The van der Waals surface area contributed by atoms with Crippen molar-refractivity contribution >= 4 is 5.97 Å². The molecule has 0 rings (SSSR count). The molecule has 0 aliphatic rings. The zero-order valence-corrected chi connectivity index (χ0v) is 8.94. The number of unbranched alkanes of at least 4 members (excludes halogenated alkanes) is 1. The second-order valence-electron chi connectivity index (χ2n) is 2.63. The largest absolute Gasteiger partial charge is 0.481 e. The molecule has 3 nitrogen and oxygen atoms in total. The maximum absolute atomic E-state index is 9.00. The van der Waals surface area contributed by atoms with Gasteiger partial charge in [-0.3, -0.25) is 4.79 Å². The fourth-order valence-corrected chi connectivity index (χ4v) is 0.669. The summed E-state index contributed by atoms with van der Waals surface area (Å²) in [5.41, 5.74) is 0. The van der Waals surface area contributed by atoms with E-state index in [4.69, 9.17) is 15.0 Å². The summed E-state index contributed by atoms with van der Waals surface area (Å²) in [7, 11) is 0. The molecule has 0 aromatic heterocycles. The highest BCUT2D eigenvalue weighted by Gasteiger charge is 1.74. The smallest absolute Gasteiger partial charge is 0.300 e. The highest BCUT2D eigenvalue weighted by molar-refractivity contribution is 5.62. The molecule has 0 atom stereocenters. The summed E-state index contributed by atoms with van der Waals surface area (Å²) < 4.78 is 0. The van der Waals surface area contributed by atoms with Gasteiger partial charge in [-0.2, -0.15) is 0 Å². The molecule has 2 N–H and O–H groups in total. The second kappa shape index (κ2) is 14.4. The highest BCUT2D eigenvalue weighted by atomic mass is 16.4. The van der Waals surface area contributed by atoms with Crippen LogP contribution in [0.3, 0.4) is 0 Å². The van der Waals surface area contributed by atoms with Gasteiger partial charge in [-0.05, 0) is 19.3 Å². The van der Waals surface area contributed by atoms with Crippen LogP contribution in [0, 0.1) is 0 Å². The van der Waals surface area contributed by atoms with E-state index in [1.165, 1.54) is 0 Å². The minimum atomic E-state index is -0.833. The van der Waals surface area contributed by atoms with Crippen LogP contribution in [0.2, 0.25) is 0 Å². The van der Waals surface area contributed by atoms with E-state index >= 15 is 0 Å². The predicted molar refractivity (Wildman–Crippen MR) is 58.2 cm³/mol. The first-order valence-corrected chi connectivity index (χ1v) is 4.75. The van der Waals surface area contributed by atoms with Crippen LogP contribution in [0.5, 0.6) is 0 Å². The second-order valence-corrected chi connectivity index (χ2v) is 2.63. The molecular weight excluding hydrogens is 180 g/mol. The number of aliphatic hydroxyl groups is 1. The van der Waals surface area contributed by atoms with Crippen molar-refractivity contribution in [3.63, 3.8) is 0 Å². The zero-order valence-electron chi connectivity index (χ0n) is 8.94. The fraction of sp³-hybridized carbons (Fsp3) is 0.545. The Balaban J connectivity index is 0. The van der Waals surface area contributed by atoms with E-state index < -0.39 is 5.97 Å². The first-order valence-electron chi connectivity index (χ1n) is 4.75. The molecule has 3 heteroatoms. The number of rotatable bonds is 5. The maximum atomic E-state index is 9.00. The van der Waals surface area contributed by atoms with Crippen molar-refractivity contribution in [3.05, 3.63) is 24.3 Å². The van der Waals surface area contributed by atoms with E-state index in [0.29, 0.717) is 0 Å². The normalized spacial score (nSPS) is 10.2. The molecule has 0 aliphatic heterocycles. The summed E-state index contributed by atoms with van der Waals surface area (Å²) in [5, 5.41) is 15.8. The molecule has 0 bridgehead atoms. The summed E-state index contributed by atoms with van der Waals surface area (Å²) >= 11 is 0. The Morgan fingerprint density at radius 1 is 1.14 bits per heavy atom. The van der Waals surface area contributed by atoms with Crippen LogP contribution in [-0.4, -0.2) is 22.8 Å². The van der Waals surface area contributed by atoms with E-state index in [-0.39, 0.29) is 6.61 Å². The Morgan fingerprint density at radius 3 is 1.93 bits per heavy atom. The van der Waals surface area contributed by atoms with Crippen LogP contribution < -0.4 is 0 Å². The molecule has 0 radical (unpaired) electrons. The van der Waals surface area contributed by atoms with Crippen LogP contribution in [0.4, 0.5) is 0 Å². The average molecular weight is 200 g/mol. The molecule has 14 heavy (non-hydrogen) atoms. The maximum Gasteiger partial charge on any atom is 0.300 e. The summed E-state index contributed by atoms with van der Waals surface area (Å²) in [6.45, 7) is 3.37. The molecule has 82 valence electrons. The van der Waals surface area contributed by atoms with Gasteiger partial charge in [0.15, 0.2) is 0 Å². The third-order valence-electron chi connectivity index (χ3n) is 1.17. The van der Waals surface area contributed by atoms with Crippen LogP contribution in [0.25, 0.3) is 0 Å².